The summed E-state index contributed by atoms with van der Waals surface area (Å²) in [4.78, 5) is 3.99. The minimum Gasteiger partial charge on any atom is -0.224 e. The molecular formula is C10H13Cl2NS. The molecule has 1 nitrogen and oxygen atoms in total. The molecule has 0 fully saturated rings. The maximum absolute atomic E-state index is 5.93. The number of hydrogen-bond acceptors (Lipinski definition) is 2. The molecule has 0 atom stereocenters. The fourth-order valence-corrected chi connectivity index (χ4v) is 2.56. The number of unbranched alkanes of at least 4 members (excludes halogenated alkanes) is 1. The Kier molecular flexibility index (Phi) is 5.68. The van der Waals surface area contributed by atoms with Crippen molar-refractivity contribution < 1.29 is 0 Å². The molecule has 0 N–H and O–H groups in total. The Morgan fingerprint density at radius 1 is 1.36 bits per heavy atom. The molecule has 1 heterocycles. The van der Waals surface area contributed by atoms with Crippen LogP contribution in [0.3, 0.4) is 0 Å². The lowest BCUT2D eigenvalue weighted by molar-refractivity contribution is 0.896. The van der Waals surface area contributed by atoms with E-state index in [4.69, 9.17) is 23.2 Å². The minimum absolute atomic E-state index is 0.456. The molecule has 0 aromatic carbocycles. The van der Waals surface area contributed by atoms with E-state index in [0.717, 1.165) is 11.3 Å². The molecular weight excluding hydrogens is 237 g/mol. The first-order chi connectivity index (χ1) is 6.74. The predicted octanol–water partition coefficient (Wildman–Crippen LogP) is 4.42. The van der Waals surface area contributed by atoms with Gasteiger partial charge in [0.25, 0.3) is 0 Å². The first-order valence-corrected chi connectivity index (χ1v) is 6.53. The molecule has 0 aliphatic rings. The zero-order chi connectivity index (χ0) is 10.4. The van der Waals surface area contributed by atoms with Crippen molar-refractivity contribution in [2.45, 2.75) is 25.5 Å². The van der Waals surface area contributed by atoms with Crippen LogP contribution in [0.4, 0.5) is 0 Å². The van der Waals surface area contributed by atoms with Gasteiger partial charge in [-0.3, -0.25) is 0 Å². The monoisotopic (exact) mass is 249 g/mol. The number of hydrogen-bond donors (Lipinski definition) is 0. The molecule has 0 bridgehead atoms. The Morgan fingerprint density at radius 2 is 2.14 bits per heavy atom. The lowest BCUT2D eigenvalue weighted by atomic mass is 10.3. The molecule has 0 unspecified atom stereocenters. The molecule has 1 rings (SSSR count). The van der Waals surface area contributed by atoms with Gasteiger partial charge in [0.15, 0.2) is 0 Å². The maximum atomic E-state index is 5.93. The highest BCUT2D eigenvalue weighted by atomic mass is 35.5. The second kappa shape index (κ2) is 6.54. The second-order valence-corrected chi connectivity index (χ2v) is 4.84. The van der Waals surface area contributed by atoms with E-state index in [9.17, 15) is 0 Å². The molecule has 1 aromatic heterocycles. The Hall–Kier alpha value is 0.0800. The third kappa shape index (κ3) is 4.07. The van der Waals surface area contributed by atoms with E-state index < -0.39 is 0 Å². The van der Waals surface area contributed by atoms with Crippen LogP contribution < -0.4 is 0 Å². The molecule has 0 amide bonds. The van der Waals surface area contributed by atoms with Gasteiger partial charge in [-0.25, -0.2) is 4.98 Å². The summed E-state index contributed by atoms with van der Waals surface area (Å²) < 4.78 is 0. The summed E-state index contributed by atoms with van der Waals surface area (Å²) in [5.74, 6) is 2.10. The van der Waals surface area contributed by atoms with Gasteiger partial charge in [-0.05, 0) is 23.8 Å². The average Bonchev–Trinajstić information content (AvgIpc) is 2.15. The van der Waals surface area contributed by atoms with Crippen molar-refractivity contribution in [1.82, 2.24) is 4.98 Å². The van der Waals surface area contributed by atoms with Crippen LogP contribution >= 0.6 is 35.0 Å². The van der Waals surface area contributed by atoms with Crippen molar-refractivity contribution in [3.8, 4) is 0 Å². The molecule has 0 radical (unpaired) electrons. The standard InChI is InChI=1S/C10H13Cl2NS/c1-2-3-6-14-7-8-4-5-9(11)13-10(8)12/h4-5H,2-3,6-7H2,1H3. The lowest BCUT2D eigenvalue weighted by Gasteiger charge is -2.03. The number of aromatic nitrogens is 1. The van der Waals surface area contributed by atoms with Crippen LogP contribution in [0.25, 0.3) is 0 Å². The number of nitrogens with zero attached hydrogens (tertiary/aromatic N) is 1. The van der Waals surface area contributed by atoms with Crippen LogP contribution in [-0.2, 0) is 5.75 Å². The normalized spacial score (nSPS) is 10.5. The van der Waals surface area contributed by atoms with Crippen LogP contribution in [0.5, 0.6) is 0 Å². The first kappa shape index (κ1) is 12.2. The second-order valence-electron chi connectivity index (χ2n) is 2.99. The van der Waals surface area contributed by atoms with E-state index in [1.54, 1.807) is 6.07 Å². The van der Waals surface area contributed by atoms with Gasteiger partial charge in [-0.2, -0.15) is 11.8 Å². The first-order valence-electron chi connectivity index (χ1n) is 4.62. The van der Waals surface area contributed by atoms with E-state index in [0.29, 0.717) is 10.3 Å². The zero-order valence-corrected chi connectivity index (χ0v) is 10.4. The van der Waals surface area contributed by atoms with Crippen LogP contribution in [0, 0.1) is 0 Å². The van der Waals surface area contributed by atoms with Gasteiger partial charge in [0.1, 0.15) is 10.3 Å². The summed E-state index contributed by atoms with van der Waals surface area (Å²) in [5.41, 5.74) is 1.07. The van der Waals surface area contributed by atoms with E-state index in [2.05, 4.69) is 11.9 Å². The summed E-state index contributed by atoms with van der Waals surface area (Å²) in [5, 5.41) is 0.985. The summed E-state index contributed by atoms with van der Waals surface area (Å²) in [6.07, 6.45) is 2.49. The van der Waals surface area contributed by atoms with Gasteiger partial charge < -0.3 is 0 Å². The summed E-state index contributed by atoms with van der Waals surface area (Å²) >= 11 is 13.5. The molecule has 0 aliphatic heterocycles. The molecule has 0 saturated heterocycles. The Bertz CT molecular complexity index is 291. The molecule has 14 heavy (non-hydrogen) atoms. The summed E-state index contributed by atoms with van der Waals surface area (Å²) in [6.45, 7) is 2.19. The number of rotatable bonds is 5. The fourth-order valence-electron chi connectivity index (χ4n) is 0.977. The molecule has 78 valence electrons. The number of halogens is 2. The zero-order valence-electron chi connectivity index (χ0n) is 8.09. The predicted molar refractivity (Wildman–Crippen MR) is 65.3 cm³/mol. The highest BCUT2D eigenvalue weighted by Crippen LogP contribution is 2.21. The van der Waals surface area contributed by atoms with Crippen molar-refractivity contribution in [3.05, 3.63) is 28.0 Å². The smallest absolute Gasteiger partial charge is 0.134 e. The van der Waals surface area contributed by atoms with E-state index in [-0.39, 0.29) is 0 Å². The van der Waals surface area contributed by atoms with Gasteiger partial charge in [0.2, 0.25) is 0 Å². The third-order valence-electron chi connectivity index (χ3n) is 1.79. The number of thioether (sulfide) groups is 1. The van der Waals surface area contributed by atoms with E-state index >= 15 is 0 Å². The summed E-state index contributed by atoms with van der Waals surface area (Å²) in [6, 6.07) is 3.72. The topological polar surface area (TPSA) is 12.9 Å². The molecule has 0 spiro atoms. The average molecular weight is 250 g/mol. The lowest BCUT2D eigenvalue weighted by Crippen LogP contribution is -1.88. The van der Waals surface area contributed by atoms with Gasteiger partial charge in [0, 0.05) is 5.75 Å². The van der Waals surface area contributed by atoms with Gasteiger partial charge in [-0.15, -0.1) is 0 Å². The third-order valence-corrected chi connectivity index (χ3v) is 3.42. The maximum Gasteiger partial charge on any atom is 0.134 e. The molecule has 1 aromatic rings. The van der Waals surface area contributed by atoms with Crippen LogP contribution in [0.2, 0.25) is 10.3 Å². The highest BCUT2D eigenvalue weighted by Gasteiger charge is 2.02. The van der Waals surface area contributed by atoms with E-state index in [1.807, 2.05) is 17.8 Å². The number of pyridine rings is 1. The van der Waals surface area contributed by atoms with Crippen molar-refractivity contribution in [3.63, 3.8) is 0 Å². The van der Waals surface area contributed by atoms with Crippen LogP contribution in [-0.4, -0.2) is 10.7 Å². The quantitative estimate of drug-likeness (QED) is 0.566. The Labute approximate surface area is 99.2 Å². The Morgan fingerprint density at radius 3 is 2.79 bits per heavy atom. The Balaban J connectivity index is 2.42. The van der Waals surface area contributed by atoms with Crippen molar-refractivity contribution in [1.29, 1.82) is 0 Å². The van der Waals surface area contributed by atoms with Gasteiger partial charge in [-0.1, -0.05) is 42.6 Å². The fraction of sp³-hybridized carbons (Fsp3) is 0.500. The molecule has 4 heteroatoms. The largest absolute Gasteiger partial charge is 0.224 e. The minimum atomic E-state index is 0.456. The SMILES string of the molecule is CCCCSCc1ccc(Cl)nc1Cl. The molecule has 0 aliphatic carbocycles. The van der Waals surface area contributed by atoms with Gasteiger partial charge in [0.05, 0.1) is 0 Å². The van der Waals surface area contributed by atoms with Crippen LogP contribution in [0.15, 0.2) is 12.1 Å². The molecule has 0 saturated carbocycles. The highest BCUT2D eigenvalue weighted by molar-refractivity contribution is 7.98. The van der Waals surface area contributed by atoms with Crippen LogP contribution in [0.1, 0.15) is 25.3 Å². The van der Waals surface area contributed by atoms with Crippen molar-refractivity contribution in [2.75, 3.05) is 5.75 Å². The summed E-state index contributed by atoms with van der Waals surface area (Å²) in [7, 11) is 0. The van der Waals surface area contributed by atoms with Crippen molar-refractivity contribution >= 4 is 35.0 Å². The van der Waals surface area contributed by atoms with Gasteiger partial charge >= 0.3 is 0 Å². The van der Waals surface area contributed by atoms with Crippen molar-refractivity contribution in [2.24, 2.45) is 0 Å². The van der Waals surface area contributed by atoms with E-state index in [1.165, 1.54) is 18.6 Å².